The Kier molecular flexibility index (Phi) is 6.05. The van der Waals surface area contributed by atoms with E-state index in [0.717, 1.165) is 17.8 Å². The second-order valence-corrected chi connectivity index (χ2v) is 8.68. The van der Waals surface area contributed by atoms with Crippen molar-refractivity contribution < 1.29 is 22.8 Å². The van der Waals surface area contributed by atoms with Crippen LogP contribution in [0.25, 0.3) is 17.0 Å². The third kappa shape index (κ3) is 4.40. The maximum Gasteiger partial charge on any atom is 0.416 e. The van der Waals surface area contributed by atoms with E-state index >= 15 is 0 Å². The number of benzene rings is 2. The first-order valence-electron chi connectivity index (χ1n) is 9.74. The molecule has 2 amide bonds. The minimum Gasteiger partial charge on any atom is -0.268 e. The van der Waals surface area contributed by atoms with Crippen LogP contribution in [0.15, 0.2) is 47.5 Å². The largest absolute Gasteiger partial charge is 0.416 e. The average Bonchev–Trinajstić information content (AvgIpc) is 3.24. The number of fused-ring (bicyclic) bond motifs is 1. The molecule has 1 saturated heterocycles. The predicted molar refractivity (Wildman–Crippen MR) is 118 cm³/mol. The van der Waals surface area contributed by atoms with E-state index in [1.165, 1.54) is 21.7 Å². The maximum atomic E-state index is 13.4. The lowest BCUT2D eigenvalue weighted by atomic mass is 10.1. The van der Waals surface area contributed by atoms with Crippen LogP contribution in [-0.2, 0) is 17.5 Å². The number of rotatable bonds is 5. The fourth-order valence-electron chi connectivity index (χ4n) is 3.50. The molecule has 1 aromatic heterocycles. The first-order valence-corrected chi connectivity index (χ1v) is 10.9. The van der Waals surface area contributed by atoms with Gasteiger partial charge in [0.25, 0.3) is 11.1 Å². The minimum absolute atomic E-state index is 0.0133. The predicted octanol–water partition coefficient (Wildman–Crippen LogP) is 6.20. The molecule has 1 fully saturated rings. The number of aromatic nitrogens is 2. The molecule has 166 valence electrons. The molecule has 0 aliphatic carbocycles. The smallest absolute Gasteiger partial charge is 0.268 e. The maximum absolute atomic E-state index is 13.4. The van der Waals surface area contributed by atoms with E-state index in [9.17, 15) is 22.8 Å². The standard InChI is InChI=1S/C22H17ClF3N3O2S/c1-2-7-28-20(30)19(32-21(28)31)9-13-3-6-18-15(8-13)11-27-29(18)12-14-4-5-16(23)10-17(14)22(24,25)26/h3-6,8-11H,2,7,12H2,1H3/b19-9-. The summed E-state index contributed by atoms with van der Waals surface area (Å²) in [6.45, 7) is 2.18. The summed E-state index contributed by atoms with van der Waals surface area (Å²) in [7, 11) is 0. The van der Waals surface area contributed by atoms with Crippen molar-refractivity contribution in [2.75, 3.05) is 6.54 Å². The van der Waals surface area contributed by atoms with Crippen molar-refractivity contribution in [3.05, 3.63) is 69.2 Å². The van der Waals surface area contributed by atoms with Crippen molar-refractivity contribution in [3.63, 3.8) is 0 Å². The van der Waals surface area contributed by atoms with Crippen LogP contribution in [-0.4, -0.2) is 32.4 Å². The van der Waals surface area contributed by atoms with Crippen LogP contribution >= 0.6 is 23.4 Å². The van der Waals surface area contributed by atoms with E-state index in [-0.39, 0.29) is 28.3 Å². The Morgan fingerprint density at radius 1 is 1.16 bits per heavy atom. The molecule has 10 heteroatoms. The van der Waals surface area contributed by atoms with Gasteiger partial charge < -0.3 is 0 Å². The molecule has 1 aliphatic rings. The molecule has 0 spiro atoms. The molecule has 32 heavy (non-hydrogen) atoms. The van der Waals surface area contributed by atoms with Crippen LogP contribution < -0.4 is 0 Å². The fraction of sp³-hybridized carbons (Fsp3) is 0.227. The van der Waals surface area contributed by atoms with Crippen molar-refractivity contribution in [2.45, 2.75) is 26.1 Å². The number of carbonyl (C=O) groups excluding carboxylic acids is 2. The molecule has 5 nitrogen and oxygen atoms in total. The van der Waals surface area contributed by atoms with Gasteiger partial charge in [0.2, 0.25) is 0 Å². The molecule has 0 N–H and O–H groups in total. The van der Waals surface area contributed by atoms with Crippen LogP contribution in [0.5, 0.6) is 0 Å². The number of imide groups is 1. The number of nitrogens with zero attached hydrogens (tertiary/aromatic N) is 3. The van der Waals surface area contributed by atoms with Crippen LogP contribution in [0, 0.1) is 0 Å². The zero-order chi connectivity index (χ0) is 23.0. The second kappa shape index (κ2) is 8.63. The third-order valence-corrected chi connectivity index (χ3v) is 6.12. The molecular weight excluding hydrogens is 463 g/mol. The van der Waals surface area contributed by atoms with E-state index in [2.05, 4.69) is 5.10 Å². The first-order chi connectivity index (χ1) is 15.2. The summed E-state index contributed by atoms with van der Waals surface area (Å²) in [6, 6.07) is 8.92. The zero-order valence-electron chi connectivity index (χ0n) is 16.8. The molecule has 1 aliphatic heterocycles. The van der Waals surface area contributed by atoms with Gasteiger partial charge in [0.1, 0.15) is 0 Å². The van der Waals surface area contributed by atoms with E-state index in [1.807, 2.05) is 6.92 Å². The van der Waals surface area contributed by atoms with Gasteiger partial charge in [-0.15, -0.1) is 0 Å². The summed E-state index contributed by atoms with van der Waals surface area (Å²) < 4.78 is 41.7. The van der Waals surface area contributed by atoms with Crippen LogP contribution in [0.1, 0.15) is 30.0 Å². The molecular formula is C22H17ClF3N3O2S. The van der Waals surface area contributed by atoms with Crippen LogP contribution in [0.4, 0.5) is 18.0 Å². The second-order valence-electron chi connectivity index (χ2n) is 7.25. The van der Waals surface area contributed by atoms with Crippen LogP contribution in [0.3, 0.4) is 0 Å². The molecule has 4 rings (SSSR count). The number of hydrogen-bond acceptors (Lipinski definition) is 4. The Bertz CT molecular complexity index is 1250. The Balaban J connectivity index is 1.63. The van der Waals surface area contributed by atoms with Gasteiger partial charge in [-0.25, -0.2) is 0 Å². The van der Waals surface area contributed by atoms with Crippen molar-refractivity contribution in [1.82, 2.24) is 14.7 Å². The Labute approximate surface area is 190 Å². The number of amides is 2. The lowest BCUT2D eigenvalue weighted by Gasteiger charge is -2.14. The number of halogens is 4. The summed E-state index contributed by atoms with van der Waals surface area (Å²) in [6.07, 6.45) is -0.659. The minimum atomic E-state index is -4.53. The van der Waals surface area contributed by atoms with Crippen molar-refractivity contribution >= 4 is 51.5 Å². The molecule has 0 atom stereocenters. The number of carbonyl (C=O) groups is 2. The lowest BCUT2D eigenvalue weighted by Crippen LogP contribution is -2.28. The Morgan fingerprint density at radius 3 is 2.66 bits per heavy atom. The van der Waals surface area contributed by atoms with Gasteiger partial charge in [0.05, 0.1) is 28.7 Å². The highest BCUT2D eigenvalue weighted by atomic mass is 35.5. The fourth-order valence-corrected chi connectivity index (χ4v) is 4.54. The van der Waals surface area contributed by atoms with Gasteiger partial charge in [-0.1, -0.05) is 30.7 Å². The molecule has 2 aromatic carbocycles. The average molecular weight is 480 g/mol. The number of alkyl halides is 3. The molecule has 2 heterocycles. The lowest BCUT2D eigenvalue weighted by molar-refractivity contribution is -0.138. The van der Waals surface area contributed by atoms with Gasteiger partial charge in [0.15, 0.2) is 0 Å². The Morgan fingerprint density at radius 2 is 1.94 bits per heavy atom. The van der Waals surface area contributed by atoms with E-state index in [0.29, 0.717) is 34.3 Å². The van der Waals surface area contributed by atoms with Crippen molar-refractivity contribution in [3.8, 4) is 0 Å². The highest BCUT2D eigenvalue weighted by Crippen LogP contribution is 2.35. The molecule has 0 bridgehead atoms. The third-order valence-electron chi connectivity index (χ3n) is 4.98. The topological polar surface area (TPSA) is 55.2 Å². The van der Waals surface area contributed by atoms with Gasteiger partial charge in [0, 0.05) is 17.0 Å². The zero-order valence-corrected chi connectivity index (χ0v) is 18.4. The van der Waals surface area contributed by atoms with Gasteiger partial charge in [-0.05, 0) is 59.7 Å². The molecule has 0 unspecified atom stereocenters. The SMILES string of the molecule is CCCN1C(=O)S/C(=C\c2ccc3c(cnn3Cc3ccc(Cl)cc3C(F)(F)F)c2)C1=O. The van der Waals surface area contributed by atoms with E-state index < -0.39 is 11.7 Å². The highest BCUT2D eigenvalue weighted by Gasteiger charge is 2.35. The number of thioether (sulfide) groups is 1. The summed E-state index contributed by atoms with van der Waals surface area (Å²) in [4.78, 5) is 26.0. The molecule has 3 aromatic rings. The highest BCUT2D eigenvalue weighted by molar-refractivity contribution is 8.18. The summed E-state index contributed by atoms with van der Waals surface area (Å²) >= 11 is 6.65. The van der Waals surface area contributed by atoms with Gasteiger partial charge in [-0.3, -0.25) is 19.2 Å². The van der Waals surface area contributed by atoms with Crippen molar-refractivity contribution in [2.24, 2.45) is 0 Å². The van der Waals surface area contributed by atoms with Crippen molar-refractivity contribution in [1.29, 1.82) is 0 Å². The van der Waals surface area contributed by atoms with E-state index in [4.69, 9.17) is 11.6 Å². The normalized spacial score (nSPS) is 16.0. The molecule has 0 radical (unpaired) electrons. The monoisotopic (exact) mass is 479 g/mol. The summed E-state index contributed by atoms with van der Waals surface area (Å²) in [5, 5.41) is 4.66. The van der Waals surface area contributed by atoms with Crippen LogP contribution in [0.2, 0.25) is 5.02 Å². The quantitative estimate of drug-likeness (QED) is 0.409. The Hall–Kier alpha value is -2.78. The van der Waals surface area contributed by atoms with E-state index in [1.54, 1.807) is 30.5 Å². The van der Waals surface area contributed by atoms with Gasteiger partial charge >= 0.3 is 6.18 Å². The van der Waals surface area contributed by atoms with Gasteiger partial charge in [-0.2, -0.15) is 18.3 Å². The molecule has 0 saturated carbocycles. The number of hydrogen-bond donors (Lipinski definition) is 0. The first kappa shape index (κ1) is 22.4. The summed E-state index contributed by atoms with van der Waals surface area (Å²) in [5.41, 5.74) is 0.597. The summed E-state index contributed by atoms with van der Waals surface area (Å²) in [5.74, 6) is -0.319.